The van der Waals surface area contributed by atoms with Gasteiger partial charge >= 0.3 is 0 Å². The first-order valence-electron chi connectivity index (χ1n) is 10.1. The van der Waals surface area contributed by atoms with Crippen molar-refractivity contribution in [1.82, 2.24) is 5.43 Å². The zero-order valence-corrected chi connectivity index (χ0v) is 17.8. The van der Waals surface area contributed by atoms with Crippen LogP contribution in [0.4, 0.5) is 5.69 Å². The van der Waals surface area contributed by atoms with Crippen molar-refractivity contribution in [3.63, 3.8) is 0 Å². The number of amides is 2. The number of nitrogens with one attached hydrogen (secondary N) is 2. The van der Waals surface area contributed by atoms with Crippen LogP contribution in [0.15, 0.2) is 84.0 Å². The van der Waals surface area contributed by atoms with Gasteiger partial charge in [0.2, 0.25) is 5.91 Å². The van der Waals surface area contributed by atoms with Gasteiger partial charge < -0.3 is 5.32 Å². The summed E-state index contributed by atoms with van der Waals surface area (Å²) in [5.41, 5.74) is 6.50. The van der Waals surface area contributed by atoms with E-state index in [1.54, 1.807) is 30.3 Å². The van der Waals surface area contributed by atoms with E-state index < -0.39 is 0 Å². The fourth-order valence-corrected chi connectivity index (χ4v) is 3.59. The number of nitrogens with zero attached hydrogens (tertiary/aromatic N) is 1. The number of anilines is 1. The Balaban J connectivity index is 1.37. The number of rotatable bonds is 6. The van der Waals surface area contributed by atoms with Crippen molar-refractivity contribution < 1.29 is 9.59 Å². The van der Waals surface area contributed by atoms with Crippen LogP contribution < -0.4 is 10.7 Å². The molecule has 2 amide bonds. The third-order valence-electron chi connectivity index (χ3n) is 5.33. The highest BCUT2D eigenvalue weighted by Gasteiger charge is 2.43. The number of carbonyl (C=O) groups excluding carboxylic acids is 2. The fourth-order valence-electron chi connectivity index (χ4n) is 3.47. The van der Waals surface area contributed by atoms with Gasteiger partial charge in [-0.15, -0.1) is 0 Å². The molecule has 0 aliphatic heterocycles. The summed E-state index contributed by atoms with van der Waals surface area (Å²) in [6, 6.07) is 24.1. The van der Waals surface area contributed by atoms with Crippen molar-refractivity contribution in [3.05, 3.63) is 101 Å². The molecule has 0 saturated heterocycles. The molecule has 2 N–H and O–H groups in total. The Morgan fingerprint density at radius 2 is 1.68 bits per heavy atom. The van der Waals surface area contributed by atoms with E-state index in [2.05, 4.69) is 28.0 Å². The molecule has 0 spiro atoms. The predicted octanol–water partition coefficient (Wildman–Crippen LogP) is 5.24. The molecule has 0 aromatic heterocycles. The Morgan fingerprint density at radius 3 is 2.42 bits per heavy atom. The normalized spacial score (nSPS) is 17.7. The molecule has 3 aromatic carbocycles. The van der Waals surface area contributed by atoms with Crippen molar-refractivity contribution in [1.29, 1.82) is 0 Å². The molecule has 1 saturated carbocycles. The van der Waals surface area contributed by atoms with Gasteiger partial charge in [0.1, 0.15) is 0 Å². The zero-order chi connectivity index (χ0) is 21.8. The van der Waals surface area contributed by atoms with E-state index in [4.69, 9.17) is 11.6 Å². The minimum Gasteiger partial charge on any atom is -0.322 e. The van der Waals surface area contributed by atoms with Crippen LogP contribution in [0.3, 0.4) is 0 Å². The molecule has 3 aromatic rings. The highest BCUT2D eigenvalue weighted by atomic mass is 35.5. The summed E-state index contributed by atoms with van der Waals surface area (Å²) in [6.45, 7) is 1.82. The van der Waals surface area contributed by atoms with Crippen molar-refractivity contribution in [2.24, 2.45) is 11.0 Å². The van der Waals surface area contributed by atoms with Gasteiger partial charge in [-0.1, -0.05) is 54.1 Å². The molecule has 4 rings (SSSR count). The molecule has 2 atom stereocenters. The highest BCUT2D eigenvalue weighted by Crippen LogP contribution is 2.47. The van der Waals surface area contributed by atoms with Gasteiger partial charge in [-0.3, -0.25) is 9.59 Å². The summed E-state index contributed by atoms with van der Waals surface area (Å²) in [4.78, 5) is 24.8. The molecule has 1 fully saturated rings. The number of benzene rings is 3. The molecule has 1 aliphatic rings. The second-order valence-corrected chi connectivity index (χ2v) is 8.01. The van der Waals surface area contributed by atoms with E-state index >= 15 is 0 Å². The topological polar surface area (TPSA) is 70.6 Å². The van der Waals surface area contributed by atoms with E-state index in [9.17, 15) is 9.59 Å². The molecular formula is C25H22ClN3O2. The Labute approximate surface area is 186 Å². The Morgan fingerprint density at radius 1 is 0.935 bits per heavy atom. The molecule has 1 aliphatic carbocycles. The lowest BCUT2D eigenvalue weighted by Gasteiger charge is -2.08. The summed E-state index contributed by atoms with van der Waals surface area (Å²) in [6.07, 6.45) is 0.844. The van der Waals surface area contributed by atoms with Gasteiger partial charge in [0, 0.05) is 22.2 Å². The van der Waals surface area contributed by atoms with Crippen LogP contribution in [0.5, 0.6) is 0 Å². The summed E-state index contributed by atoms with van der Waals surface area (Å²) in [5.74, 6) is -0.0649. The van der Waals surface area contributed by atoms with E-state index in [-0.39, 0.29) is 23.7 Å². The van der Waals surface area contributed by atoms with Crippen LogP contribution in [0.25, 0.3) is 0 Å². The third kappa shape index (κ3) is 5.19. The minimum absolute atomic E-state index is 0.0380. The maximum absolute atomic E-state index is 12.4. The lowest BCUT2D eigenvalue weighted by atomic mass is 10.1. The SMILES string of the molecule is C/C(=N\NC(=O)C1CC1c1ccccc1)c1cccc(NC(=O)c2ccc(Cl)cc2)c1. The predicted molar refractivity (Wildman–Crippen MR) is 123 cm³/mol. The van der Waals surface area contributed by atoms with Crippen LogP contribution in [0.1, 0.15) is 40.7 Å². The average molecular weight is 432 g/mol. The fraction of sp³-hybridized carbons (Fsp3) is 0.160. The number of carbonyl (C=O) groups is 2. The largest absolute Gasteiger partial charge is 0.322 e. The van der Waals surface area contributed by atoms with Crippen LogP contribution in [0.2, 0.25) is 5.02 Å². The summed E-state index contributed by atoms with van der Waals surface area (Å²) < 4.78 is 0. The van der Waals surface area contributed by atoms with Gasteiger partial charge in [-0.2, -0.15) is 5.10 Å². The zero-order valence-electron chi connectivity index (χ0n) is 17.0. The maximum atomic E-state index is 12.4. The van der Waals surface area contributed by atoms with Gasteiger partial charge in [0.05, 0.1) is 5.71 Å². The lowest BCUT2D eigenvalue weighted by Crippen LogP contribution is -2.21. The van der Waals surface area contributed by atoms with Crippen LogP contribution >= 0.6 is 11.6 Å². The molecule has 0 bridgehead atoms. The molecule has 31 heavy (non-hydrogen) atoms. The number of hydrogen-bond acceptors (Lipinski definition) is 3. The molecule has 6 heteroatoms. The Hall–Kier alpha value is -3.44. The van der Waals surface area contributed by atoms with Crippen LogP contribution in [-0.2, 0) is 4.79 Å². The summed E-state index contributed by atoms with van der Waals surface area (Å²) in [5, 5.41) is 7.70. The quantitative estimate of drug-likeness (QED) is 0.414. The summed E-state index contributed by atoms with van der Waals surface area (Å²) in [7, 11) is 0. The van der Waals surface area contributed by atoms with Crippen molar-refractivity contribution in [3.8, 4) is 0 Å². The molecule has 156 valence electrons. The van der Waals surface area contributed by atoms with E-state index in [0.29, 0.717) is 22.0 Å². The van der Waals surface area contributed by atoms with E-state index in [0.717, 1.165) is 12.0 Å². The highest BCUT2D eigenvalue weighted by molar-refractivity contribution is 6.30. The number of hydrazone groups is 1. The van der Waals surface area contributed by atoms with Crippen molar-refractivity contribution in [2.75, 3.05) is 5.32 Å². The van der Waals surface area contributed by atoms with Gasteiger partial charge in [0.25, 0.3) is 5.91 Å². The van der Waals surface area contributed by atoms with Crippen molar-refractivity contribution in [2.45, 2.75) is 19.3 Å². The molecule has 0 radical (unpaired) electrons. The monoisotopic (exact) mass is 431 g/mol. The maximum Gasteiger partial charge on any atom is 0.255 e. The second kappa shape index (κ2) is 9.14. The van der Waals surface area contributed by atoms with E-state index in [1.165, 1.54) is 5.56 Å². The average Bonchev–Trinajstić information content (AvgIpc) is 3.59. The lowest BCUT2D eigenvalue weighted by molar-refractivity contribution is -0.122. The number of hydrogen-bond donors (Lipinski definition) is 2. The number of halogens is 1. The molecular weight excluding hydrogens is 410 g/mol. The summed E-state index contributed by atoms with van der Waals surface area (Å²) >= 11 is 5.87. The smallest absolute Gasteiger partial charge is 0.255 e. The molecule has 2 unspecified atom stereocenters. The Kier molecular flexibility index (Phi) is 6.14. The van der Waals surface area contributed by atoms with Gasteiger partial charge in [-0.25, -0.2) is 5.43 Å². The first kappa shape index (κ1) is 20.8. The standard InChI is InChI=1S/C25H22ClN3O2/c1-16(28-29-25(31)23-15-22(23)17-6-3-2-4-7-17)19-8-5-9-21(14-19)27-24(30)18-10-12-20(26)13-11-18/h2-14,22-23H,15H2,1H3,(H,27,30)(H,29,31)/b28-16+. The van der Waals surface area contributed by atoms with Crippen molar-refractivity contribution >= 4 is 34.8 Å². The minimum atomic E-state index is -0.225. The van der Waals surface area contributed by atoms with Crippen LogP contribution in [0, 0.1) is 5.92 Å². The molecule has 0 heterocycles. The first-order valence-corrected chi connectivity index (χ1v) is 10.5. The molecule has 5 nitrogen and oxygen atoms in total. The van der Waals surface area contributed by atoms with E-state index in [1.807, 2.05) is 43.3 Å². The van der Waals surface area contributed by atoms with Crippen LogP contribution in [-0.4, -0.2) is 17.5 Å². The van der Waals surface area contributed by atoms with Gasteiger partial charge in [-0.05, 0) is 66.8 Å². The first-order chi connectivity index (χ1) is 15.0. The third-order valence-corrected chi connectivity index (χ3v) is 5.59. The Bertz CT molecular complexity index is 1130. The second-order valence-electron chi connectivity index (χ2n) is 7.57. The van der Waals surface area contributed by atoms with Gasteiger partial charge in [0.15, 0.2) is 0 Å².